The predicted octanol–water partition coefficient (Wildman–Crippen LogP) is 4.07. The van der Waals surface area contributed by atoms with Gasteiger partial charge in [-0.25, -0.2) is 9.37 Å². The highest BCUT2D eigenvalue weighted by atomic mass is 32.1. The Balaban J connectivity index is 1.60. The van der Waals surface area contributed by atoms with E-state index in [1.54, 1.807) is 30.7 Å². The van der Waals surface area contributed by atoms with Gasteiger partial charge in [0.15, 0.2) is 0 Å². The summed E-state index contributed by atoms with van der Waals surface area (Å²) in [5.41, 5.74) is 5.33. The van der Waals surface area contributed by atoms with Crippen LogP contribution in [-0.4, -0.2) is 41.8 Å². The van der Waals surface area contributed by atoms with Crippen LogP contribution in [-0.2, 0) is 22.5 Å². The number of benzene rings is 1. The molecular formula is C21H27FN4O2S. The summed E-state index contributed by atoms with van der Waals surface area (Å²) in [5.74, 6) is 0.228. The zero-order valence-corrected chi connectivity index (χ0v) is 17.7. The van der Waals surface area contributed by atoms with E-state index in [1.807, 2.05) is 0 Å². The third kappa shape index (κ3) is 6.61. The minimum Gasteiger partial charge on any atom is -0.466 e. The molecule has 2 aromatic rings. The fraction of sp³-hybridized carbons (Fsp3) is 0.476. The summed E-state index contributed by atoms with van der Waals surface area (Å²) in [4.78, 5) is 18.2. The van der Waals surface area contributed by atoms with E-state index in [4.69, 9.17) is 4.74 Å². The maximum atomic E-state index is 13.8. The van der Waals surface area contributed by atoms with Crippen molar-refractivity contribution < 1.29 is 13.9 Å². The number of rotatable bonds is 8. The fourth-order valence-corrected chi connectivity index (χ4v) is 3.91. The van der Waals surface area contributed by atoms with Crippen molar-refractivity contribution in [3.63, 3.8) is 0 Å². The summed E-state index contributed by atoms with van der Waals surface area (Å²) in [5, 5.41) is 6.64. The van der Waals surface area contributed by atoms with E-state index in [0.29, 0.717) is 24.0 Å². The number of hydrogen-bond donors (Lipinski definition) is 1. The number of piperidine rings is 1. The molecule has 156 valence electrons. The molecule has 8 heteroatoms. The Labute approximate surface area is 174 Å². The van der Waals surface area contributed by atoms with Crippen molar-refractivity contribution in [3.05, 3.63) is 46.2 Å². The number of thiazole rings is 1. The van der Waals surface area contributed by atoms with Crippen LogP contribution in [0.15, 0.2) is 28.7 Å². The molecule has 1 fully saturated rings. The third-order valence-electron chi connectivity index (χ3n) is 4.92. The lowest BCUT2D eigenvalue weighted by Gasteiger charge is -2.30. The number of halogens is 1. The Morgan fingerprint density at radius 3 is 3.00 bits per heavy atom. The molecule has 2 heterocycles. The lowest BCUT2D eigenvalue weighted by atomic mass is 9.98. The number of nitrogens with zero attached hydrogens (tertiary/aromatic N) is 3. The van der Waals surface area contributed by atoms with Gasteiger partial charge in [0, 0.05) is 11.9 Å². The summed E-state index contributed by atoms with van der Waals surface area (Å²) in [6.45, 7) is 7.20. The molecule has 1 saturated heterocycles. The van der Waals surface area contributed by atoms with Crippen LogP contribution >= 0.6 is 11.3 Å². The molecule has 0 saturated carbocycles. The Hall–Kier alpha value is -2.32. The number of esters is 1. The molecule has 0 radical (unpaired) electrons. The molecule has 1 aliphatic rings. The lowest BCUT2D eigenvalue weighted by molar-refractivity contribution is -0.142. The van der Waals surface area contributed by atoms with Gasteiger partial charge in [-0.15, -0.1) is 11.3 Å². The van der Waals surface area contributed by atoms with Gasteiger partial charge in [0.25, 0.3) is 0 Å². The average molecular weight is 419 g/mol. The minimum atomic E-state index is -0.295. The molecule has 29 heavy (non-hydrogen) atoms. The Morgan fingerprint density at radius 1 is 1.45 bits per heavy atom. The number of aromatic nitrogens is 1. The standard InChI is InChI=1S/C21H27FN4O2S/c1-3-28-20(27)11-19-14-29-21(24-19)25-23-12-16-4-5-18(22)10-17(16)13-26-8-6-15(2)7-9-26/h4-5,10,12,14-15H,3,6-9,11,13H2,1-2H3,(H,24,25). The van der Waals surface area contributed by atoms with Crippen molar-refractivity contribution >= 4 is 28.7 Å². The summed E-state index contributed by atoms with van der Waals surface area (Å²) in [6, 6.07) is 4.78. The first kappa shape index (κ1) is 21.4. The average Bonchev–Trinajstić information content (AvgIpc) is 3.12. The van der Waals surface area contributed by atoms with Crippen LogP contribution in [0.5, 0.6) is 0 Å². The summed E-state index contributed by atoms with van der Waals surface area (Å²) < 4.78 is 18.7. The van der Waals surface area contributed by atoms with Gasteiger partial charge >= 0.3 is 5.97 Å². The second-order valence-electron chi connectivity index (χ2n) is 7.30. The van der Waals surface area contributed by atoms with Crippen molar-refractivity contribution in [2.75, 3.05) is 25.1 Å². The fourth-order valence-electron chi connectivity index (χ4n) is 3.25. The number of hydrazone groups is 1. The van der Waals surface area contributed by atoms with E-state index in [0.717, 1.165) is 30.1 Å². The van der Waals surface area contributed by atoms with Crippen molar-refractivity contribution in [2.45, 2.75) is 39.7 Å². The molecule has 0 unspecified atom stereocenters. The monoisotopic (exact) mass is 418 g/mol. The Morgan fingerprint density at radius 2 is 2.24 bits per heavy atom. The first-order valence-corrected chi connectivity index (χ1v) is 10.8. The largest absolute Gasteiger partial charge is 0.466 e. The lowest BCUT2D eigenvalue weighted by Crippen LogP contribution is -2.32. The molecule has 0 atom stereocenters. The number of ether oxygens (including phenoxy) is 1. The molecule has 6 nitrogen and oxygen atoms in total. The van der Waals surface area contributed by atoms with E-state index in [1.165, 1.54) is 30.2 Å². The van der Waals surface area contributed by atoms with Gasteiger partial charge in [-0.2, -0.15) is 5.10 Å². The van der Waals surface area contributed by atoms with Crippen LogP contribution in [0.25, 0.3) is 0 Å². The van der Waals surface area contributed by atoms with E-state index in [-0.39, 0.29) is 18.2 Å². The highest BCUT2D eigenvalue weighted by Crippen LogP contribution is 2.20. The second kappa shape index (κ2) is 10.5. The van der Waals surface area contributed by atoms with Crippen LogP contribution in [0, 0.1) is 11.7 Å². The van der Waals surface area contributed by atoms with E-state index in [2.05, 4.69) is 27.3 Å². The SMILES string of the molecule is CCOC(=O)Cc1csc(NN=Cc2ccc(F)cc2CN2CCC(C)CC2)n1. The number of carbonyl (C=O) groups is 1. The van der Waals surface area contributed by atoms with Crippen molar-refractivity contribution in [1.29, 1.82) is 0 Å². The molecule has 1 N–H and O–H groups in total. The van der Waals surface area contributed by atoms with Gasteiger partial charge in [-0.05, 0) is 62.0 Å². The molecule has 1 aromatic carbocycles. The summed E-state index contributed by atoms with van der Waals surface area (Å²) >= 11 is 1.37. The zero-order chi connectivity index (χ0) is 20.6. The first-order chi connectivity index (χ1) is 14.0. The molecule has 3 rings (SSSR count). The maximum Gasteiger partial charge on any atom is 0.311 e. The maximum absolute atomic E-state index is 13.8. The third-order valence-corrected chi connectivity index (χ3v) is 5.72. The number of anilines is 1. The summed E-state index contributed by atoms with van der Waals surface area (Å²) in [6.07, 6.45) is 4.19. The molecular weight excluding hydrogens is 391 g/mol. The molecule has 0 aliphatic carbocycles. The first-order valence-electron chi connectivity index (χ1n) is 9.93. The normalized spacial score (nSPS) is 15.7. The van der Waals surface area contributed by atoms with Gasteiger partial charge < -0.3 is 4.74 Å². The molecule has 0 amide bonds. The van der Waals surface area contributed by atoms with E-state index in [9.17, 15) is 9.18 Å². The number of nitrogens with one attached hydrogen (secondary N) is 1. The predicted molar refractivity (Wildman–Crippen MR) is 114 cm³/mol. The van der Waals surface area contributed by atoms with Crippen LogP contribution in [0.3, 0.4) is 0 Å². The second-order valence-corrected chi connectivity index (χ2v) is 8.16. The Kier molecular flexibility index (Phi) is 7.71. The zero-order valence-electron chi connectivity index (χ0n) is 16.9. The number of hydrogen-bond acceptors (Lipinski definition) is 7. The van der Waals surface area contributed by atoms with Gasteiger partial charge in [0.2, 0.25) is 5.13 Å². The van der Waals surface area contributed by atoms with Crippen LogP contribution < -0.4 is 5.43 Å². The van der Waals surface area contributed by atoms with Crippen molar-refractivity contribution in [3.8, 4) is 0 Å². The van der Waals surface area contributed by atoms with Crippen molar-refractivity contribution in [2.24, 2.45) is 11.0 Å². The van der Waals surface area contributed by atoms with Crippen molar-refractivity contribution in [1.82, 2.24) is 9.88 Å². The van der Waals surface area contributed by atoms with Gasteiger partial charge in [-0.1, -0.05) is 13.0 Å². The van der Waals surface area contributed by atoms with Gasteiger partial charge in [0.05, 0.1) is 24.9 Å². The molecule has 0 spiro atoms. The van der Waals surface area contributed by atoms with E-state index < -0.39 is 0 Å². The number of carbonyl (C=O) groups excluding carboxylic acids is 1. The van der Waals surface area contributed by atoms with Gasteiger partial charge in [-0.3, -0.25) is 15.1 Å². The highest BCUT2D eigenvalue weighted by molar-refractivity contribution is 7.13. The molecule has 1 aromatic heterocycles. The Bertz CT molecular complexity index is 847. The minimum absolute atomic E-state index is 0.145. The van der Waals surface area contributed by atoms with Crippen LogP contribution in [0.1, 0.15) is 43.5 Å². The number of likely N-dealkylation sites (tertiary alicyclic amines) is 1. The molecule has 1 aliphatic heterocycles. The summed E-state index contributed by atoms with van der Waals surface area (Å²) in [7, 11) is 0. The highest BCUT2D eigenvalue weighted by Gasteiger charge is 2.17. The quantitative estimate of drug-likeness (QED) is 0.398. The van der Waals surface area contributed by atoms with E-state index >= 15 is 0 Å². The molecule has 0 bridgehead atoms. The topological polar surface area (TPSA) is 66.8 Å². The smallest absolute Gasteiger partial charge is 0.311 e. The van der Waals surface area contributed by atoms with Gasteiger partial charge in [0.1, 0.15) is 5.82 Å². The van der Waals surface area contributed by atoms with Crippen LogP contribution in [0.2, 0.25) is 0 Å². The van der Waals surface area contributed by atoms with Crippen LogP contribution in [0.4, 0.5) is 9.52 Å².